The molecule has 0 saturated carbocycles. The number of nitriles is 2. The molecule has 6 amide bonds. The third-order valence-corrected chi connectivity index (χ3v) is 14.2. The topological polar surface area (TPSA) is 176 Å². The summed E-state index contributed by atoms with van der Waals surface area (Å²) in [5.74, 6) is -0.872. The molecule has 402 valence electrons. The monoisotopic (exact) mass is 1070 g/mol. The molecule has 0 radical (unpaired) electrons. The summed E-state index contributed by atoms with van der Waals surface area (Å²) in [6, 6.07) is 28.9. The zero-order valence-corrected chi connectivity index (χ0v) is 42.7. The van der Waals surface area contributed by atoms with Crippen molar-refractivity contribution in [3.8, 4) is 12.1 Å². The number of hydrogen-bond donors (Lipinski definition) is 2. The number of halogens is 6. The Morgan fingerprint density at radius 2 is 1.22 bits per heavy atom. The Bertz CT molecular complexity index is 3320. The van der Waals surface area contributed by atoms with E-state index >= 15 is 5.21 Å². The van der Waals surface area contributed by atoms with E-state index in [-0.39, 0.29) is 92.9 Å². The number of alkyl halides is 6. The maximum atomic E-state index is 15.0. The lowest BCUT2D eigenvalue weighted by atomic mass is 9.94. The number of hydroxylamine groups is 3. The number of hydrogen-bond acceptors (Lipinski definition) is 7. The number of nitrogens with zero attached hydrogens (tertiary/aromatic N) is 8. The number of carbonyl (C=O) groups is 4. The van der Waals surface area contributed by atoms with E-state index < -0.39 is 58.2 Å². The predicted molar refractivity (Wildman–Crippen MR) is 275 cm³/mol. The lowest BCUT2D eigenvalue weighted by Gasteiger charge is -2.40. The van der Waals surface area contributed by atoms with Gasteiger partial charge in [-0.3, -0.25) is 19.4 Å². The molecule has 2 N–H and O–H groups in total. The van der Waals surface area contributed by atoms with Crippen LogP contribution in [-0.4, -0.2) is 110 Å². The Balaban J connectivity index is 0.965. The van der Waals surface area contributed by atoms with Crippen LogP contribution in [0, 0.1) is 27.9 Å². The molecule has 5 aromatic rings. The summed E-state index contributed by atoms with van der Waals surface area (Å²) in [6.45, 7) is 0.114. The van der Waals surface area contributed by atoms with E-state index in [1.807, 2.05) is 45.4 Å². The van der Waals surface area contributed by atoms with Crippen LogP contribution in [0.25, 0.3) is 0 Å². The van der Waals surface area contributed by atoms with Gasteiger partial charge in [0, 0.05) is 42.8 Å². The lowest BCUT2D eigenvalue weighted by Crippen LogP contribution is -2.47. The number of amides is 6. The highest BCUT2D eigenvalue weighted by Crippen LogP contribution is 2.43. The van der Waals surface area contributed by atoms with Crippen molar-refractivity contribution in [1.29, 1.82) is 10.5 Å². The number of anilines is 2. The van der Waals surface area contributed by atoms with Gasteiger partial charge in [-0.25, -0.2) is 9.59 Å². The van der Waals surface area contributed by atoms with Crippen LogP contribution in [0.2, 0.25) is 0 Å². The zero-order chi connectivity index (χ0) is 55.9. The molecule has 4 aliphatic rings. The van der Waals surface area contributed by atoms with Crippen LogP contribution in [0.1, 0.15) is 74.2 Å². The van der Waals surface area contributed by atoms with Crippen molar-refractivity contribution < 1.29 is 54.7 Å². The van der Waals surface area contributed by atoms with Crippen molar-refractivity contribution in [3.63, 3.8) is 0 Å². The third-order valence-electron chi connectivity index (χ3n) is 14.2. The summed E-state index contributed by atoms with van der Waals surface area (Å²) in [6.07, 6.45) is -9.14. The van der Waals surface area contributed by atoms with Gasteiger partial charge in [0.25, 0.3) is 11.8 Å². The largest absolute Gasteiger partial charge is 0.632 e. The van der Waals surface area contributed by atoms with Gasteiger partial charge >= 0.3 is 24.4 Å². The number of carbonyl (C=O) groups excluding carboxylic acids is 4. The third kappa shape index (κ3) is 11.4. The number of nitrogens with one attached hydrogen (secondary N) is 2. The highest BCUT2D eigenvalue weighted by atomic mass is 19.4. The molecule has 15 nitrogen and oxygen atoms in total. The fourth-order valence-electron chi connectivity index (χ4n) is 10.6. The van der Waals surface area contributed by atoms with Crippen LogP contribution in [0.15, 0.2) is 144 Å². The minimum absolute atomic E-state index is 0.0318. The standard InChI is InChI=1S/C57H52F6N10O5/c1-72(2,3)33-38-16-22-41(23-17-38)52(74)68(24-6-25-69-32-47-49(53(69)75)51(40-20-14-37(31-65)15-21-40)67-55(77)70(47)44-10-4-8-42(28-44)56(58,59)60)26-7-27-73(78)34-46-48(35-73)71(45-11-5-9-43(29-45)57(61,62)63)54(76)66-50(46)39-18-12-36(30-64)13-19-39/h4-5,8-23,28-29,50-51H,6-7,24-27,32-35H2,1-3H3,(H-,66,67,76,77)/p+1. The lowest BCUT2D eigenvalue weighted by molar-refractivity contribution is -0.884. The Morgan fingerprint density at radius 3 is 1.74 bits per heavy atom. The molecule has 9 rings (SSSR count). The predicted octanol–water partition coefficient (Wildman–Crippen LogP) is 9.52. The van der Waals surface area contributed by atoms with E-state index in [1.54, 1.807) is 53.4 Å². The van der Waals surface area contributed by atoms with Crippen molar-refractivity contribution in [2.75, 3.05) is 76.8 Å². The molecule has 0 saturated heterocycles. The van der Waals surface area contributed by atoms with Crippen LogP contribution in [0.3, 0.4) is 0 Å². The van der Waals surface area contributed by atoms with Crippen LogP contribution in [-0.2, 0) is 23.7 Å². The SMILES string of the molecule is C[N+](C)(C)Cc1ccc(C(=O)N(CCCN2CC3=C(C2=O)C(c2ccc(C#N)cc2)NC(=O)N3c2cccc(C(F)(F)F)c2)CCC[N+]2([O-])CC3=C(C2)N(c2cccc(C(F)(F)F)c2)C(=O)NC3c2ccc(C#N)cc2)cc1. The Morgan fingerprint density at radius 1 is 0.705 bits per heavy atom. The first kappa shape index (κ1) is 54.3. The summed E-state index contributed by atoms with van der Waals surface area (Å²) in [5.41, 5.74) is 1.84. The first-order valence-corrected chi connectivity index (χ1v) is 25.0. The van der Waals surface area contributed by atoms with E-state index in [0.717, 1.165) is 39.6 Å². The maximum Gasteiger partial charge on any atom is 0.416 e. The second kappa shape index (κ2) is 21.1. The normalized spacial score (nSPS) is 19.5. The second-order valence-corrected chi connectivity index (χ2v) is 20.8. The van der Waals surface area contributed by atoms with Crippen LogP contribution < -0.4 is 20.4 Å². The molecule has 78 heavy (non-hydrogen) atoms. The number of benzene rings is 5. The van der Waals surface area contributed by atoms with Crippen LogP contribution in [0.5, 0.6) is 0 Å². The van der Waals surface area contributed by atoms with Gasteiger partial charge in [0.1, 0.15) is 19.6 Å². The van der Waals surface area contributed by atoms with E-state index in [9.17, 15) is 56.0 Å². The van der Waals surface area contributed by atoms with Gasteiger partial charge in [-0.1, -0.05) is 48.5 Å². The molecule has 3 atom stereocenters. The zero-order valence-electron chi connectivity index (χ0n) is 42.7. The fraction of sp³-hybridized carbons (Fsp3) is 0.298. The molecular weight excluding hydrogens is 1020 g/mol. The summed E-state index contributed by atoms with van der Waals surface area (Å²) in [5, 5.41) is 39.5. The molecule has 0 spiro atoms. The second-order valence-electron chi connectivity index (χ2n) is 20.8. The number of urea groups is 2. The summed E-state index contributed by atoms with van der Waals surface area (Å²) in [7, 11) is 6.10. The van der Waals surface area contributed by atoms with Gasteiger partial charge < -0.3 is 34.8 Å². The van der Waals surface area contributed by atoms with Crippen LogP contribution >= 0.6 is 0 Å². The first-order chi connectivity index (χ1) is 36.9. The summed E-state index contributed by atoms with van der Waals surface area (Å²) in [4.78, 5) is 62.2. The van der Waals surface area contributed by atoms with Gasteiger partial charge in [0.15, 0.2) is 0 Å². The molecule has 4 heterocycles. The number of rotatable bonds is 15. The van der Waals surface area contributed by atoms with Gasteiger partial charge in [-0.05, 0) is 90.3 Å². The smallest absolute Gasteiger partial charge is 0.416 e. The molecule has 5 aromatic carbocycles. The average Bonchev–Trinajstić information content (AvgIpc) is 3.94. The van der Waals surface area contributed by atoms with Crippen molar-refractivity contribution in [2.45, 2.75) is 43.8 Å². The summed E-state index contributed by atoms with van der Waals surface area (Å²) < 4.78 is 83.5. The fourth-order valence-corrected chi connectivity index (χ4v) is 10.6. The Labute approximate surface area is 445 Å². The molecule has 4 aliphatic heterocycles. The Kier molecular flexibility index (Phi) is 14.7. The van der Waals surface area contributed by atoms with Gasteiger partial charge in [0.2, 0.25) is 0 Å². The van der Waals surface area contributed by atoms with Crippen molar-refractivity contribution in [2.24, 2.45) is 0 Å². The van der Waals surface area contributed by atoms with Crippen molar-refractivity contribution >= 4 is 35.3 Å². The average molecular weight is 1070 g/mol. The molecule has 0 fully saturated rings. The van der Waals surface area contributed by atoms with Crippen molar-refractivity contribution in [3.05, 3.63) is 194 Å². The molecule has 3 unspecified atom stereocenters. The van der Waals surface area contributed by atoms with Gasteiger partial charge in [-0.15, -0.1) is 0 Å². The maximum absolute atomic E-state index is 15.0. The molecule has 0 aromatic heterocycles. The van der Waals surface area contributed by atoms with Crippen LogP contribution in [0.4, 0.5) is 47.3 Å². The number of quaternary nitrogens is 2. The highest BCUT2D eigenvalue weighted by molar-refractivity contribution is 6.07. The molecule has 0 aliphatic carbocycles. The van der Waals surface area contributed by atoms with Gasteiger partial charge in [-0.2, -0.15) is 36.9 Å². The van der Waals surface area contributed by atoms with Gasteiger partial charge in [0.05, 0.1) is 109 Å². The molecular formula is C57H53F6N10O5+. The van der Waals surface area contributed by atoms with E-state index in [2.05, 4.69) is 10.6 Å². The minimum Gasteiger partial charge on any atom is -0.632 e. The first-order valence-electron chi connectivity index (χ1n) is 25.0. The highest BCUT2D eigenvalue weighted by Gasteiger charge is 2.47. The van der Waals surface area contributed by atoms with E-state index in [4.69, 9.17) is 0 Å². The summed E-state index contributed by atoms with van der Waals surface area (Å²) >= 11 is 0. The minimum atomic E-state index is -4.73. The van der Waals surface area contributed by atoms with E-state index in [1.165, 1.54) is 41.3 Å². The quantitative estimate of drug-likeness (QED) is 0.0596. The Hall–Kier alpha value is -8.50. The molecule has 21 heteroatoms. The van der Waals surface area contributed by atoms with E-state index in [0.29, 0.717) is 44.4 Å². The molecule has 0 bridgehead atoms. The van der Waals surface area contributed by atoms with Crippen molar-refractivity contribution in [1.82, 2.24) is 20.4 Å².